The van der Waals surface area contributed by atoms with Gasteiger partial charge in [-0.25, -0.2) is 15.0 Å². The van der Waals surface area contributed by atoms with Gasteiger partial charge in [-0.3, -0.25) is 13.7 Å². The molecule has 0 aliphatic rings. The molecule has 0 saturated carbocycles. The fraction of sp³-hybridized carbons (Fsp3) is 0. The van der Waals surface area contributed by atoms with Crippen LogP contribution in [0.2, 0.25) is 0 Å². The zero-order chi connectivity index (χ0) is 51.4. The van der Waals surface area contributed by atoms with E-state index in [4.69, 9.17) is 28.2 Å². The predicted molar refractivity (Wildman–Crippen MR) is 322 cm³/mol. The molecule has 0 saturated heterocycles. The quantitative estimate of drug-likeness (QED) is 0.154. The van der Waals surface area contributed by atoms with Crippen molar-refractivity contribution in [3.8, 4) is 17.5 Å². The minimum absolute atomic E-state index is 0.278. The van der Waals surface area contributed by atoms with E-state index in [1.54, 1.807) is 0 Å². The van der Waals surface area contributed by atoms with E-state index in [1.165, 1.54) is 0 Å². The number of benzene rings is 9. The van der Waals surface area contributed by atoms with Gasteiger partial charge in [-0.2, -0.15) is 0 Å². The second kappa shape index (κ2) is 15.9. The first-order chi connectivity index (χ1) is 39.1. The van der Waals surface area contributed by atoms with Gasteiger partial charge in [-0.1, -0.05) is 144 Å². The van der Waals surface area contributed by atoms with Crippen molar-refractivity contribution >= 4 is 154 Å². The lowest BCUT2D eigenvalue weighted by atomic mass is 9.37. The second-order valence-corrected chi connectivity index (χ2v) is 20.7. The van der Waals surface area contributed by atoms with E-state index < -0.39 is 0 Å². The van der Waals surface area contributed by atoms with Crippen molar-refractivity contribution in [1.29, 1.82) is 0 Å². The molecule has 0 N–H and O–H groups in total. The SMILES string of the molecule is c1ccc2c(c1)oc1cc3c(cc12)c1ccccc1n3-c1ccc(B(c2ccc(-n3c4ccccc4c4cc5c(cc43)oc3ccccc35)nc2)c2ccc(-n3c4ccccc4c4cc5c(cc43)oc3ccccc35)nc2)cn1. The molecular formula is C69H39BN6O3. The van der Waals surface area contributed by atoms with Crippen LogP contribution in [0.25, 0.3) is 149 Å². The third kappa shape index (κ3) is 6.08. The van der Waals surface area contributed by atoms with Gasteiger partial charge in [0.15, 0.2) is 0 Å². The summed E-state index contributed by atoms with van der Waals surface area (Å²) in [6, 6.07) is 76.7. The zero-order valence-corrected chi connectivity index (χ0v) is 42.0. The van der Waals surface area contributed by atoms with Gasteiger partial charge in [-0.15, -0.1) is 0 Å². The van der Waals surface area contributed by atoms with E-state index in [1.807, 2.05) is 55.0 Å². The van der Waals surface area contributed by atoms with Crippen molar-refractivity contribution in [1.82, 2.24) is 28.7 Å². The summed E-state index contributed by atoms with van der Waals surface area (Å²) >= 11 is 0. The number of aromatic nitrogens is 6. The number of para-hydroxylation sites is 6. The normalized spacial score (nSPS) is 12.3. The molecule has 9 heterocycles. The molecular weight excluding hydrogens is 972 g/mol. The molecule has 10 heteroatoms. The molecule has 9 aromatic heterocycles. The summed E-state index contributed by atoms with van der Waals surface area (Å²) in [5, 5.41) is 13.5. The summed E-state index contributed by atoms with van der Waals surface area (Å²) in [7, 11) is 0. The molecule has 9 aromatic carbocycles. The Morgan fingerprint density at radius 1 is 0.241 bits per heavy atom. The number of hydrogen-bond acceptors (Lipinski definition) is 6. The first-order valence-electron chi connectivity index (χ1n) is 26.6. The fourth-order valence-electron chi connectivity index (χ4n) is 13.0. The lowest BCUT2D eigenvalue weighted by Crippen LogP contribution is -2.52. The van der Waals surface area contributed by atoms with Crippen molar-refractivity contribution in [2.45, 2.75) is 0 Å². The van der Waals surface area contributed by atoms with Crippen molar-refractivity contribution < 1.29 is 13.3 Å². The van der Waals surface area contributed by atoms with Crippen LogP contribution >= 0.6 is 0 Å². The van der Waals surface area contributed by atoms with E-state index in [2.05, 4.69) is 196 Å². The molecule has 79 heavy (non-hydrogen) atoms. The zero-order valence-electron chi connectivity index (χ0n) is 42.0. The van der Waals surface area contributed by atoms with Crippen LogP contribution in [0.1, 0.15) is 0 Å². The Morgan fingerprint density at radius 2 is 0.532 bits per heavy atom. The third-order valence-electron chi connectivity index (χ3n) is 16.5. The first kappa shape index (κ1) is 42.5. The average molecular weight is 1010 g/mol. The fourth-order valence-corrected chi connectivity index (χ4v) is 13.0. The van der Waals surface area contributed by atoms with E-state index >= 15 is 0 Å². The molecule has 0 fully saturated rings. The number of furan rings is 3. The average Bonchev–Trinajstić information content (AvgIpc) is 4.55. The van der Waals surface area contributed by atoms with Crippen LogP contribution in [0, 0.1) is 0 Å². The standard InChI is InChI=1S/C69H39BN6O3/c1-7-19-55-43(13-1)49-31-52-46-16-4-10-22-61(46)77-64(52)34-58(49)74(55)67-28-25-40(37-71-67)70(41-26-29-68(72-38-41)75-56-20-8-2-14-44(56)50-32-53-47-17-5-11-23-62(47)78-65(53)35-59(50)75)42-27-30-69(73-39-42)76-57-21-9-3-15-45(57)51-33-54-48-18-6-12-24-63(48)79-66(54)36-60(51)76/h1-39H. The highest BCUT2D eigenvalue weighted by molar-refractivity contribution is 6.95. The summed E-state index contributed by atoms with van der Waals surface area (Å²) in [5.74, 6) is 2.42. The van der Waals surface area contributed by atoms with Crippen LogP contribution in [-0.4, -0.2) is 35.4 Å². The Bertz CT molecular complexity index is 5020. The first-order valence-corrected chi connectivity index (χ1v) is 26.6. The number of pyridine rings is 3. The molecule has 0 aliphatic heterocycles. The Hall–Kier alpha value is -10.7. The monoisotopic (exact) mass is 1010 g/mol. The van der Waals surface area contributed by atoms with Gasteiger partial charge in [0.05, 0.1) is 33.1 Å². The molecule has 0 radical (unpaired) electrons. The molecule has 0 aliphatic carbocycles. The molecule has 0 spiro atoms. The van der Waals surface area contributed by atoms with Crippen molar-refractivity contribution in [3.05, 3.63) is 237 Å². The van der Waals surface area contributed by atoms with Gasteiger partial charge in [0, 0.05) is 101 Å². The highest BCUT2D eigenvalue weighted by atomic mass is 16.3. The second-order valence-electron chi connectivity index (χ2n) is 20.7. The Labute approximate surface area is 448 Å². The highest BCUT2D eigenvalue weighted by Crippen LogP contribution is 2.41. The van der Waals surface area contributed by atoms with Crippen molar-refractivity contribution in [2.75, 3.05) is 0 Å². The smallest absolute Gasteiger partial charge is 0.247 e. The van der Waals surface area contributed by atoms with Crippen LogP contribution in [0.4, 0.5) is 0 Å². The van der Waals surface area contributed by atoms with Gasteiger partial charge in [0.25, 0.3) is 0 Å². The van der Waals surface area contributed by atoms with Gasteiger partial charge in [0.1, 0.15) is 51.0 Å². The molecule has 366 valence electrons. The van der Waals surface area contributed by atoms with Crippen LogP contribution < -0.4 is 16.4 Å². The number of hydrogen-bond donors (Lipinski definition) is 0. The number of rotatable bonds is 6. The van der Waals surface area contributed by atoms with Crippen LogP contribution in [0.5, 0.6) is 0 Å². The molecule has 0 bridgehead atoms. The summed E-state index contributed by atoms with van der Waals surface area (Å²) in [6.45, 7) is -0.278. The maximum absolute atomic E-state index is 6.44. The van der Waals surface area contributed by atoms with Gasteiger partial charge in [0.2, 0.25) is 6.71 Å². The number of fused-ring (bicyclic) bond motifs is 18. The Balaban J connectivity index is 0.795. The minimum Gasteiger partial charge on any atom is -0.456 e. The summed E-state index contributed by atoms with van der Waals surface area (Å²) < 4.78 is 26.1. The molecule has 18 rings (SSSR count). The van der Waals surface area contributed by atoms with Crippen LogP contribution in [-0.2, 0) is 0 Å². The van der Waals surface area contributed by atoms with Gasteiger partial charge < -0.3 is 13.3 Å². The maximum atomic E-state index is 6.44. The third-order valence-corrected chi connectivity index (χ3v) is 16.5. The summed E-state index contributed by atoms with van der Waals surface area (Å²) in [5.41, 5.74) is 14.5. The number of nitrogens with zero attached hydrogens (tertiary/aromatic N) is 6. The lowest BCUT2D eigenvalue weighted by molar-refractivity contribution is 0.669. The van der Waals surface area contributed by atoms with Crippen molar-refractivity contribution in [3.63, 3.8) is 0 Å². The molecule has 0 unspecified atom stereocenters. The Kier molecular flexibility index (Phi) is 8.57. The van der Waals surface area contributed by atoms with Gasteiger partial charge in [-0.05, 0) is 72.8 Å². The maximum Gasteiger partial charge on any atom is 0.247 e. The molecule has 0 atom stereocenters. The van der Waals surface area contributed by atoms with Gasteiger partial charge >= 0.3 is 0 Å². The van der Waals surface area contributed by atoms with Crippen molar-refractivity contribution in [2.24, 2.45) is 0 Å². The highest BCUT2D eigenvalue weighted by Gasteiger charge is 2.26. The topological polar surface area (TPSA) is 92.9 Å². The summed E-state index contributed by atoms with van der Waals surface area (Å²) in [6.07, 6.45) is 6.04. The minimum atomic E-state index is -0.278. The lowest BCUT2D eigenvalue weighted by Gasteiger charge is -2.17. The predicted octanol–water partition coefficient (Wildman–Crippen LogP) is 15.4. The van der Waals surface area contributed by atoms with E-state index in [-0.39, 0.29) is 6.71 Å². The van der Waals surface area contributed by atoms with E-state index in [0.29, 0.717) is 0 Å². The van der Waals surface area contributed by atoms with E-state index in [0.717, 1.165) is 165 Å². The van der Waals surface area contributed by atoms with Crippen LogP contribution in [0.15, 0.2) is 250 Å². The molecule has 9 nitrogen and oxygen atoms in total. The van der Waals surface area contributed by atoms with Crippen LogP contribution in [0.3, 0.4) is 0 Å². The Morgan fingerprint density at radius 3 is 0.835 bits per heavy atom. The largest absolute Gasteiger partial charge is 0.456 e. The summed E-state index contributed by atoms with van der Waals surface area (Å²) in [4.78, 5) is 15.9. The molecule has 0 amide bonds. The van der Waals surface area contributed by atoms with E-state index in [9.17, 15) is 0 Å². The molecule has 18 aromatic rings.